The summed E-state index contributed by atoms with van der Waals surface area (Å²) >= 11 is 6.29. The van der Waals surface area contributed by atoms with E-state index in [2.05, 4.69) is 20.4 Å². The molecule has 0 saturated carbocycles. The number of rotatable bonds is 1. The van der Waals surface area contributed by atoms with E-state index in [1.807, 2.05) is 25.1 Å². The van der Waals surface area contributed by atoms with Gasteiger partial charge in [0.15, 0.2) is 0 Å². The molecule has 3 heterocycles. The normalized spacial score (nSPS) is 30.2. The highest BCUT2D eigenvalue weighted by Gasteiger charge is 2.53. The summed E-state index contributed by atoms with van der Waals surface area (Å²) in [5, 5.41) is 6.62. The van der Waals surface area contributed by atoms with E-state index in [-0.39, 0.29) is 30.4 Å². The molecule has 0 aromatic heterocycles. The number of anilines is 1. The maximum absolute atomic E-state index is 12.4. The second-order valence-corrected chi connectivity index (χ2v) is 6.91. The van der Waals surface area contributed by atoms with E-state index in [4.69, 9.17) is 11.6 Å². The lowest BCUT2D eigenvalue weighted by molar-refractivity contribution is -0.128. The van der Waals surface area contributed by atoms with Gasteiger partial charge >= 0.3 is 6.03 Å². The van der Waals surface area contributed by atoms with Crippen molar-refractivity contribution in [2.45, 2.75) is 31.8 Å². The summed E-state index contributed by atoms with van der Waals surface area (Å²) in [6.07, 6.45) is 0.486. The highest BCUT2D eigenvalue weighted by Crippen LogP contribution is 2.34. The summed E-state index contributed by atoms with van der Waals surface area (Å²) in [5.41, 5.74) is 2.07. The van der Waals surface area contributed by atoms with Crippen molar-refractivity contribution in [1.29, 1.82) is 0 Å². The van der Waals surface area contributed by atoms with Gasteiger partial charge < -0.3 is 9.80 Å². The van der Waals surface area contributed by atoms with Gasteiger partial charge in [-0.1, -0.05) is 17.7 Å². The van der Waals surface area contributed by atoms with Crippen molar-refractivity contribution >= 4 is 29.2 Å². The van der Waals surface area contributed by atoms with E-state index < -0.39 is 0 Å². The van der Waals surface area contributed by atoms with Gasteiger partial charge in [-0.15, -0.1) is 0 Å². The molecule has 2 N–H and O–H groups in total. The fourth-order valence-electron chi connectivity index (χ4n) is 3.92. The lowest BCUT2D eigenvalue weighted by Crippen LogP contribution is -2.65. The minimum Gasteiger partial charge on any atom is -0.343 e. The molecule has 128 valence electrons. The van der Waals surface area contributed by atoms with Crippen LogP contribution in [0.2, 0.25) is 5.02 Å². The van der Waals surface area contributed by atoms with Crippen LogP contribution in [0.4, 0.5) is 10.5 Å². The van der Waals surface area contributed by atoms with Crippen LogP contribution in [0, 0.1) is 6.92 Å². The van der Waals surface area contributed by atoms with Crippen LogP contribution in [0.15, 0.2) is 18.2 Å². The van der Waals surface area contributed by atoms with Gasteiger partial charge in [0.25, 0.3) is 0 Å². The molecule has 3 amide bonds. The number of halogens is 1. The molecule has 7 nitrogen and oxygen atoms in total. The fourth-order valence-corrected chi connectivity index (χ4v) is 4.09. The number of fused-ring (bicyclic) bond motifs is 3. The second kappa shape index (κ2) is 5.61. The Morgan fingerprint density at radius 3 is 2.83 bits per heavy atom. The number of nitrogens with one attached hydrogen (secondary N) is 2. The van der Waals surface area contributed by atoms with E-state index in [9.17, 15) is 9.59 Å². The van der Waals surface area contributed by atoms with Gasteiger partial charge in [0.2, 0.25) is 5.91 Å². The molecule has 0 bridgehead atoms. The molecule has 4 rings (SSSR count). The molecule has 3 aliphatic heterocycles. The monoisotopic (exact) mass is 349 g/mol. The molecule has 3 unspecified atom stereocenters. The minimum absolute atomic E-state index is 0.134. The van der Waals surface area contributed by atoms with Crippen LogP contribution < -0.4 is 15.5 Å². The van der Waals surface area contributed by atoms with Crippen molar-refractivity contribution in [2.24, 2.45) is 0 Å². The van der Waals surface area contributed by atoms with Crippen LogP contribution >= 0.6 is 11.6 Å². The third-order valence-electron chi connectivity index (χ3n) is 5.19. The number of benzene rings is 1. The van der Waals surface area contributed by atoms with Crippen LogP contribution in [0.1, 0.15) is 12.0 Å². The number of imide groups is 1. The number of likely N-dealkylation sites (N-methyl/N-ethyl adjacent to an activating group) is 1. The summed E-state index contributed by atoms with van der Waals surface area (Å²) in [6, 6.07) is 5.13. The molecular weight excluding hydrogens is 330 g/mol. The zero-order valence-electron chi connectivity index (χ0n) is 13.6. The third-order valence-corrected chi connectivity index (χ3v) is 5.60. The Labute approximate surface area is 145 Å². The molecule has 3 fully saturated rings. The van der Waals surface area contributed by atoms with Gasteiger partial charge in [0.1, 0.15) is 18.5 Å². The second-order valence-electron chi connectivity index (χ2n) is 6.50. The van der Waals surface area contributed by atoms with Gasteiger partial charge in [-0.05, 0) is 31.0 Å². The van der Waals surface area contributed by atoms with Gasteiger partial charge in [-0.25, -0.2) is 4.79 Å². The summed E-state index contributed by atoms with van der Waals surface area (Å²) in [5.74, 6) is -0.234. The predicted molar refractivity (Wildman–Crippen MR) is 90.7 cm³/mol. The van der Waals surface area contributed by atoms with E-state index in [0.29, 0.717) is 0 Å². The first-order chi connectivity index (χ1) is 11.5. The van der Waals surface area contributed by atoms with Crippen molar-refractivity contribution in [3.63, 3.8) is 0 Å². The highest BCUT2D eigenvalue weighted by molar-refractivity contribution is 6.31. The Hall–Kier alpha value is -1.83. The first kappa shape index (κ1) is 15.7. The van der Waals surface area contributed by atoms with Gasteiger partial charge in [-0.3, -0.25) is 20.3 Å². The average Bonchev–Trinajstić information content (AvgIpc) is 2.95. The first-order valence-electron chi connectivity index (χ1n) is 8.10. The van der Waals surface area contributed by atoms with Gasteiger partial charge in [0.05, 0.1) is 0 Å². The van der Waals surface area contributed by atoms with Crippen LogP contribution in [0.3, 0.4) is 0 Å². The van der Waals surface area contributed by atoms with E-state index >= 15 is 0 Å². The molecule has 8 heteroatoms. The smallest absolute Gasteiger partial charge is 0.325 e. The zero-order chi connectivity index (χ0) is 17.0. The van der Waals surface area contributed by atoms with E-state index in [1.165, 1.54) is 0 Å². The Morgan fingerprint density at radius 1 is 1.25 bits per heavy atom. The molecule has 3 saturated heterocycles. The van der Waals surface area contributed by atoms with Crippen LogP contribution in [-0.4, -0.2) is 60.4 Å². The third kappa shape index (κ3) is 2.19. The quantitative estimate of drug-likeness (QED) is 0.789. The van der Waals surface area contributed by atoms with Crippen LogP contribution in [-0.2, 0) is 4.79 Å². The molecule has 3 aliphatic rings. The number of carbonyl (C=O) groups excluding carboxylic acids is 2. The standard InChI is InChI=1S/C16H20ClN5O2/c1-9-10(17)5-3-6-11(9)21-7-4-8-22-12-13(18-15(21)22)20(2)16(24)19-14(12)23/h3,5-6,12-13,15,18H,4,7-8H2,1-2H3,(H,19,23,24). The van der Waals surface area contributed by atoms with Crippen LogP contribution in [0.25, 0.3) is 0 Å². The molecule has 24 heavy (non-hydrogen) atoms. The van der Waals surface area contributed by atoms with E-state index in [1.54, 1.807) is 11.9 Å². The summed E-state index contributed by atoms with van der Waals surface area (Å²) < 4.78 is 0. The molecule has 1 aromatic carbocycles. The Bertz CT molecular complexity index is 712. The van der Waals surface area contributed by atoms with Gasteiger partial charge in [-0.2, -0.15) is 0 Å². The lowest BCUT2D eigenvalue weighted by Gasteiger charge is -2.42. The molecular formula is C16H20ClN5O2. The van der Waals surface area contributed by atoms with Crippen molar-refractivity contribution in [3.8, 4) is 0 Å². The topological polar surface area (TPSA) is 67.9 Å². The average molecular weight is 350 g/mol. The molecule has 0 spiro atoms. The Morgan fingerprint density at radius 2 is 2.04 bits per heavy atom. The lowest BCUT2D eigenvalue weighted by atomic mass is 10.1. The number of amides is 3. The molecule has 0 radical (unpaired) electrons. The van der Waals surface area contributed by atoms with Gasteiger partial charge in [0, 0.05) is 30.8 Å². The number of nitrogens with zero attached hydrogens (tertiary/aromatic N) is 3. The largest absolute Gasteiger partial charge is 0.343 e. The number of hydrogen-bond acceptors (Lipinski definition) is 5. The van der Waals surface area contributed by atoms with Crippen molar-refractivity contribution < 1.29 is 9.59 Å². The molecule has 1 aromatic rings. The van der Waals surface area contributed by atoms with Crippen molar-refractivity contribution in [3.05, 3.63) is 28.8 Å². The summed E-state index contributed by atoms with van der Waals surface area (Å²) in [7, 11) is 1.71. The highest BCUT2D eigenvalue weighted by atomic mass is 35.5. The predicted octanol–water partition coefficient (Wildman–Crippen LogP) is 0.924. The first-order valence-corrected chi connectivity index (χ1v) is 8.48. The number of carbonyl (C=O) groups is 2. The van der Waals surface area contributed by atoms with Crippen molar-refractivity contribution in [1.82, 2.24) is 20.4 Å². The maximum atomic E-state index is 12.4. The zero-order valence-corrected chi connectivity index (χ0v) is 14.4. The maximum Gasteiger partial charge on any atom is 0.325 e. The molecule has 0 aliphatic carbocycles. The van der Waals surface area contributed by atoms with Crippen molar-refractivity contribution in [2.75, 3.05) is 25.0 Å². The Kier molecular flexibility index (Phi) is 3.67. The fraction of sp³-hybridized carbons (Fsp3) is 0.500. The summed E-state index contributed by atoms with van der Waals surface area (Å²) in [4.78, 5) is 30.2. The van der Waals surface area contributed by atoms with E-state index in [0.717, 1.165) is 35.8 Å². The van der Waals surface area contributed by atoms with Crippen LogP contribution in [0.5, 0.6) is 0 Å². The Balaban J connectivity index is 1.70. The minimum atomic E-state index is -0.375. The SMILES string of the molecule is Cc1c(Cl)cccc1N1CCCN2C3C(=O)NC(=O)N(C)C3NC12. The summed E-state index contributed by atoms with van der Waals surface area (Å²) in [6.45, 7) is 3.68. The molecule has 3 atom stereocenters. The number of hydrogen-bond donors (Lipinski definition) is 2. The number of urea groups is 1.